The van der Waals surface area contributed by atoms with Crippen LogP contribution in [0.4, 0.5) is 0 Å². The van der Waals surface area contributed by atoms with E-state index in [0.717, 1.165) is 6.42 Å². The summed E-state index contributed by atoms with van der Waals surface area (Å²) in [4.78, 5) is 12.1. The molecule has 1 aromatic carbocycles. The predicted octanol–water partition coefficient (Wildman–Crippen LogP) is 2.83. The van der Waals surface area contributed by atoms with E-state index in [4.69, 9.17) is 4.42 Å². The van der Waals surface area contributed by atoms with Crippen LogP contribution in [0.3, 0.4) is 0 Å². The average Bonchev–Trinajstić information content (AvgIpc) is 2.80. The molecular formula is C14H16O4S. The van der Waals surface area contributed by atoms with E-state index in [1.807, 2.05) is 6.92 Å². The maximum absolute atomic E-state index is 12.1. The van der Waals surface area contributed by atoms with Crippen LogP contribution >= 0.6 is 0 Å². The maximum atomic E-state index is 12.1. The van der Waals surface area contributed by atoms with Gasteiger partial charge in [-0.05, 0) is 12.5 Å². The summed E-state index contributed by atoms with van der Waals surface area (Å²) in [7, 11) is -3.33. The Morgan fingerprint density at radius 1 is 1.26 bits per heavy atom. The summed E-state index contributed by atoms with van der Waals surface area (Å²) in [5.74, 6) is -0.789. The highest BCUT2D eigenvalue weighted by Gasteiger charge is 2.20. The van der Waals surface area contributed by atoms with E-state index in [2.05, 4.69) is 0 Å². The van der Waals surface area contributed by atoms with E-state index in [1.54, 1.807) is 24.3 Å². The summed E-state index contributed by atoms with van der Waals surface area (Å²) in [6.07, 6.45) is 2.71. The van der Waals surface area contributed by atoms with Crippen molar-refractivity contribution in [3.05, 3.63) is 36.1 Å². The molecule has 4 nitrogen and oxygen atoms in total. The second-order valence-corrected chi connectivity index (χ2v) is 6.70. The van der Waals surface area contributed by atoms with Gasteiger partial charge in [0.05, 0.1) is 11.3 Å². The van der Waals surface area contributed by atoms with Crippen molar-refractivity contribution in [3.63, 3.8) is 0 Å². The Balaban J connectivity index is 2.21. The summed E-state index contributed by atoms with van der Waals surface area (Å²) in [5.41, 5.74) is 0.937. The first-order chi connectivity index (χ1) is 9.03. The van der Waals surface area contributed by atoms with Gasteiger partial charge >= 0.3 is 0 Å². The fourth-order valence-corrected chi connectivity index (χ4v) is 3.34. The summed E-state index contributed by atoms with van der Waals surface area (Å²) in [5, 5.41) is 0.665. The lowest BCUT2D eigenvalue weighted by Crippen LogP contribution is -2.18. The number of sulfone groups is 1. The highest BCUT2D eigenvalue weighted by molar-refractivity contribution is 7.92. The van der Waals surface area contributed by atoms with Gasteiger partial charge in [-0.1, -0.05) is 31.5 Å². The first-order valence-electron chi connectivity index (χ1n) is 6.23. The van der Waals surface area contributed by atoms with Crippen molar-refractivity contribution in [2.24, 2.45) is 0 Å². The lowest BCUT2D eigenvalue weighted by molar-refractivity contribution is 0.102. The van der Waals surface area contributed by atoms with Crippen molar-refractivity contribution in [1.82, 2.24) is 0 Å². The third-order valence-corrected chi connectivity index (χ3v) is 4.55. The van der Waals surface area contributed by atoms with Crippen molar-refractivity contribution >= 4 is 26.6 Å². The average molecular weight is 280 g/mol. The molecule has 0 fully saturated rings. The fraction of sp³-hybridized carbons (Fsp3) is 0.357. The number of benzene rings is 1. The van der Waals surface area contributed by atoms with Crippen LogP contribution in [0, 0.1) is 0 Å². The van der Waals surface area contributed by atoms with Gasteiger partial charge in [0.25, 0.3) is 0 Å². The molecule has 2 aromatic rings. The van der Waals surface area contributed by atoms with Crippen molar-refractivity contribution in [3.8, 4) is 0 Å². The standard InChI is InChI=1S/C14H16O4S/c1-2-3-8-19(16,17)10-13(15)12-9-18-14-7-5-4-6-11(12)14/h4-7,9H,2-3,8,10H2,1H3. The van der Waals surface area contributed by atoms with E-state index < -0.39 is 21.4 Å². The molecule has 0 aliphatic heterocycles. The molecule has 1 heterocycles. The Labute approximate surface area is 112 Å². The molecule has 0 unspecified atom stereocenters. The zero-order valence-corrected chi connectivity index (χ0v) is 11.6. The number of unbranched alkanes of at least 4 members (excludes halogenated alkanes) is 1. The number of ketones is 1. The number of hydrogen-bond donors (Lipinski definition) is 0. The van der Waals surface area contributed by atoms with Crippen LogP contribution in [0.25, 0.3) is 11.0 Å². The predicted molar refractivity (Wildman–Crippen MR) is 74.1 cm³/mol. The van der Waals surface area contributed by atoms with Crippen LogP contribution in [0.1, 0.15) is 30.1 Å². The number of Topliss-reactive ketones (excluding diaryl/α,β-unsaturated/α-hetero) is 1. The second kappa shape index (κ2) is 5.57. The number of carbonyl (C=O) groups is 1. The monoisotopic (exact) mass is 280 g/mol. The van der Waals surface area contributed by atoms with E-state index in [-0.39, 0.29) is 5.75 Å². The number of para-hydroxylation sites is 1. The van der Waals surface area contributed by atoms with Gasteiger partial charge in [-0.25, -0.2) is 8.42 Å². The van der Waals surface area contributed by atoms with Crippen molar-refractivity contribution in [1.29, 1.82) is 0 Å². The van der Waals surface area contributed by atoms with Gasteiger partial charge in [-0.3, -0.25) is 4.79 Å². The molecule has 1 aromatic heterocycles. The van der Waals surface area contributed by atoms with Gasteiger partial charge in [0.15, 0.2) is 15.6 Å². The number of hydrogen-bond acceptors (Lipinski definition) is 4. The van der Waals surface area contributed by atoms with Crippen molar-refractivity contribution < 1.29 is 17.6 Å². The van der Waals surface area contributed by atoms with Crippen molar-refractivity contribution in [2.45, 2.75) is 19.8 Å². The lowest BCUT2D eigenvalue weighted by atomic mass is 10.1. The summed E-state index contributed by atoms with van der Waals surface area (Å²) in [6, 6.07) is 7.10. The van der Waals surface area contributed by atoms with Gasteiger partial charge < -0.3 is 4.42 Å². The Bertz CT molecular complexity index is 682. The summed E-state index contributed by atoms with van der Waals surface area (Å²) >= 11 is 0. The van der Waals surface area contributed by atoms with E-state index in [1.165, 1.54) is 6.26 Å². The summed E-state index contributed by atoms with van der Waals surface area (Å²) < 4.78 is 28.8. The fourth-order valence-electron chi connectivity index (χ4n) is 1.91. The van der Waals surface area contributed by atoms with Crippen LogP contribution in [0.2, 0.25) is 0 Å². The second-order valence-electron chi connectivity index (χ2n) is 4.51. The quantitative estimate of drug-likeness (QED) is 0.763. The topological polar surface area (TPSA) is 64.3 Å². The van der Waals surface area contributed by atoms with Crippen LogP contribution < -0.4 is 0 Å². The molecule has 0 N–H and O–H groups in total. The molecule has 0 amide bonds. The minimum absolute atomic E-state index is 0.0605. The van der Waals surface area contributed by atoms with Gasteiger partial charge in [0, 0.05) is 5.39 Å². The van der Waals surface area contributed by atoms with Crippen LogP contribution in [0.5, 0.6) is 0 Å². The molecule has 0 bridgehead atoms. The molecule has 0 radical (unpaired) electrons. The maximum Gasteiger partial charge on any atom is 0.181 e. The van der Waals surface area contributed by atoms with E-state index in [9.17, 15) is 13.2 Å². The zero-order chi connectivity index (χ0) is 13.9. The van der Waals surface area contributed by atoms with Gasteiger partial charge in [0.1, 0.15) is 17.6 Å². The molecule has 102 valence electrons. The Morgan fingerprint density at radius 3 is 2.74 bits per heavy atom. The van der Waals surface area contributed by atoms with Crippen molar-refractivity contribution in [2.75, 3.05) is 11.5 Å². The molecule has 0 saturated carbocycles. The van der Waals surface area contributed by atoms with Gasteiger partial charge in [0.2, 0.25) is 0 Å². The number of carbonyl (C=O) groups excluding carboxylic acids is 1. The SMILES string of the molecule is CCCCS(=O)(=O)CC(=O)c1coc2ccccc12. The molecule has 0 saturated heterocycles. The Morgan fingerprint density at radius 2 is 2.00 bits per heavy atom. The minimum atomic E-state index is -3.33. The molecule has 0 aliphatic carbocycles. The highest BCUT2D eigenvalue weighted by Crippen LogP contribution is 2.21. The number of rotatable bonds is 6. The number of fused-ring (bicyclic) bond motifs is 1. The first kappa shape index (κ1) is 13.8. The normalized spacial score (nSPS) is 11.8. The van der Waals surface area contributed by atoms with Crippen LogP contribution in [-0.4, -0.2) is 25.7 Å². The van der Waals surface area contributed by atoms with E-state index in [0.29, 0.717) is 23.0 Å². The third kappa shape index (κ3) is 3.23. The summed E-state index contributed by atoms with van der Waals surface area (Å²) in [6.45, 7) is 1.92. The molecule has 0 spiro atoms. The minimum Gasteiger partial charge on any atom is -0.464 e. The Kier molecular flexibility index (Phi) is 4.04. The zero-order valence-electron chi connectivity index (χ0n) is 10.8. The smallest absolute Gasteiger partial charge is 0.181 e. The molecule has 5 heteroatoms. The Hall–Kier alpha value is -1.62. The van der Waals surface area contributed by atoms with Crippen LogP contribution in [0.15, 0.2) is 34.9 Å². The molecule has 0 aliphatic rings. The van der Waals surface area contributed by atoms with Crippen LogP contribution in [-0.2, 0) is 9.84 Å². The highest BCUT2D eigenvalue weighted by atomic mass is 32.2. The van der Waals surface area contributed by atoms with Gasteiger partial charge in [-0.15, -0.1) is 0 Å². The van der Waals surface area contributed by atoms with Gasteiger partial charge in [-0.2, -0.15) is 0 Å². The third-order valence-electron chi connectivity index (χ3n) is 2.94. The first-order valence-corrected chi connectivity index (χ1v) is 8.05. The molecule has 0 atom stereocenters. The lowest BCUT2D eigenvalue weighted by Gasteiger charge is -2.01. The van der Waals surface area contributed by atoms with E-state index >= 15 is 0 Å². The number of furan rings is 1. The largest absolute Gasteiger partial charge is 0.464 e. The molecule has 2 rings (SSSR count). The molecular weight excluding hydrogens is 264 g/mol. The molecule has 19 heavy (non-hydrogen) atoms.